The predicted molar refractivity (Wildman–Crippen MR) is 72.2 cm³/mol. The second-order valence-corrected chi connectivity index (χ2v) is 7.10. The Hall–Kier alpha value is -1.58. The van der Waals surface area contributed by atoms with Gasteiger partial charge in [0.1, 0.15) is 4.21 Å². The van der Waals surface area contributed by atoms with Crippen LogP contribution in [0.5, 0.6) is 0 Å². The van der Waals surface area contributed by atoms with Crippen LogP contribution < -0.4 is 4.72 Å². The van der Waals surface area contributed by atoms with Crippen molar-refractivity contribution < 1.29 is 26.7 Å². The van der Waals surface area contributed by atoms with Crippen LogP contribution >= 0.6 is 11.3 Å². The second-order valence-electron chi connectivity index (χ2n) is 4.02. The van der Waals surface area contributed by atoms with Gasteiger partial charge in [-0.25, -0.2) is 21.6 Å². The van der Waals surface area contributed by atoms with Crippen LogP contribution in [0.2, 0.25) is 0 Å². The zero-order valence-electron chi connectivity index (χ0n) is 10.4. The van der Waals surface area contributed by atoms with Crippen molar-refractivity contribution >= 4 is 27.0 Å². The van der Waals surface area contributed by atoms with Crippen LogP contribution in [0.1, 0.15) is 4.88 Å². The lowest BCUT2D eigenvalue weighted by molar-refractivity contribution is 0.300. The summed E-state index contributed by atoms with van der Waals surface area (Å²) in [6.07, 6.45) is 0.291. The average molecular weight is 337 g/mol. The minimum Gasteiger partial charge on any atom is -0.396 e. The van der Waals surface area contributed by atoms with Crippen LogP contribution in [-0.2, 0) is 16.4 Å². The van der Waals surface area contributed by atoms with E-state index < -0.39 is 33.2 Å². The van der Waals surface area contributed by atoms with Crippen molar-refractivity contribution in [2.24, 2.45) is 0 Å². The molecule has 2 aromatic rings. The third-order valence-electron chi connectivity index (χ3n) is 2.54. The molecule has 4 nitrogen and oxygen atoms in total. The van der Waals surface area contributed by atoms with Gasteiger partial charge in [-0.1, -0.05) is 0 Å². The normalized spacial score (nSPS) is 11.6. The number of anilines is 1. The van der Waals surface area contributed by atoms with Crippen molar-refractivity contribution in [2.45, 2.75) is 10.6 Å². The van der Waals surface area contributed by atoms with Gasteiger partial charge in [0, 0.05) is 17.9 Å². The Kier molecular flexibility index (Phi) is 4.55. The molecule has 0 aliphatic rings. The number of thiophene rings is 1. The highest BCUT2D eigenvalue weighted by molar-refractivity contribution is 7.94. The zero-order valence-corrected chi connectivity index (χ0v) is 12.1. The van der Waals surface area contributed by atoms with E-state index in [2.05, 4.69) is 0 Å². The van der Waals surface area contributed by atoms with E-state index in [4.69, 9.17) is 5.11 Å². The number of nitrogens with one attached hydrogen (secondary N) is 1. The van der Waals surface area contributed by atoms with Gasteiger partial charge in [-0.05, 0) is 24.3 Å². The molecular weight excluding hydrogens is 327 g/mol. The molecule has 9 heteroatoms. The monoisotopic (exact) mass is 337 g/mol. The quantitative estimate of drug-likeness (QED) is 0.824. The minimum atomic E-state index is -4.11. The largest absolute Gasteiger partial charge is 0.396 e. The summed E-state index contributed by atoms with van der Waals surface area (Å²) in [5.41, 5.74) is -0.675. The third-order valence-corrected chi connectivity index (χ3v) is 5.54. The number of sulfonamides is 1. The van der Waals surface area contributed by atoms with Crippen LogP contribution in [-0.4, -0.2) is 20.1 Å². The lowest BCUT2D eigenvalue weighted by Crippen LogP contribution is -2.13. The molecule has 0 saturated carbocycles. The Morgan fingerprint density at radius 1 is 1.10 bits per heavy atom. The fraction of sp³-hybridized carbons (Fsp3) is 0.167. The Morgan fingerprint density at radius 2 is 1.81 bits per heavy atom. The van der Waals surface area contributed by atoms with Crippen molar-refractivity contribution in [3.8, 4) is 0 Å². The zero-order chi connectivity index (χ0) is 15.6. The van der Waals surface area contributed by atoms with Gasteiger partial charge in [-0.2, -0.15) is 0 Å². The van der Waals surface area contributed by atoms with Crippen molar-refractivity contribution in [3.63, 3.8) is 0 Å². The van der Waals surface area contributed by atoms with Gasteiger partial charge in [0.2, 0.25) is 0 Å². The van der Waals surface area contributed by atoms with E-state index in [1.807, 2.05) is 4.72 Å². The summed E-state index contributed by atoms with van der Waals surface area (Å²) in [5.74, 6) is -4.76. The fourth-order valence-corrected chi connectivity index (χ4v) is 3.95. The molecule has 2 rings (SSSR count). The first-order chi connectivity index (χ1) is 9.85. The third kappa shape index (κ3) is 3.36. The van der Waals surface area contributed by atoms with E-state index >= 15 is 0 Å². The first-order valence-corrected chi connectivity index (χ1v) is 8.01. The topological polar surface area (TPSA) is 66.4 Å². The Balaban J connectivity index is 2.31. The fourth-order valence-electron chi connectivity index (χ4n) is 1.55. The molecule has 0 atom stereocenters. The SMILES string of the molecule is O=S(=O)(Nc1ccc(F)c(F)c1F)c1ccc(CCO)s1. The summed E-state index contributed by atoms with van der Waals surface area (Å²) in [6.45, 7) is -0.134. The van der Waals surface area contributed by atoms with E-state index in [0.717, 1.165) is 17.4 Å². The van der Waals surface area contributed by atoms with Gasteiger partial charge in [0.25, 0.3) is 10.0 Å². The molecule has 0 amide bonds. The summed E-state index contributed by atoms with van der Waals surface area (Å²) in [5, 5.41) is 8.77. The molecule has 0 bridgehead atoms. The molecule has 0 unspecified atom stereocenters. The number of halogens is 3. The standard InChI is InChI=1S/C12H10F3NO3S2/c13-8-2-3-9(12(15)11(8)14)16-21(18,19)10-4-1-7(20-10)5-6-17/h1-4,16-17H,5-6H2. The van der Waals surface area contributed by atoms with Crippen molar-refractivity contribution in [3.05, 3.63) is 46.6 Å². The summed E-state index contributed by atoms with van der Waals surface area (Å²) in [6, 6.07) is 4.22. The van der Waals surface area contributed by atoms with E-state index in [-0.39, 0.29) is 10.8 Å². The maximum Gasteiger partial charge on any atom is 0.271 e. The molecule has 0 spiro atoms. The molecule has 1 heterocycles. The number of aliphatic hydroxyl groups excluding tert-OH is 1. The maximum absolute atomic E-state index is 13.5. The minimum absolute atomic E-state index is 0.116. The predicted octanol–water partition coefficient (Wildman–Crippen LogP) is 2.50. The van der Waals surface area contributed by atoms with Gasteiger partial charge in [-0.3, -0.25) is 4.72 Å². The van der Waals surface area contributed by atoms with Crippen LogP contribution in [0.15, 0.2) is 28.5 Å². The molecule has 21 heavy (non-hydrogen) atoms. The van der Waals surface area contributed by atoms with Gasteiger partial charge < -0.3 is 5.11 Å². The van der Waals surface area contributed by atoms with Gasteiger partial charge in [0.05, 0.1) is 5.69 Å². The molecule has 0 fully saturated rings. The lowest BCUT2D eigenvalue weighted by atomic mass is 10.3. The van der Waals surface area contributed by atoms with Gasteiger partial charge in [-0.15, -0.1) is 11.3 Å². The summed E-state index contributed by atoms with van der Waals surface area (Å²) in [4.78, 5) is 0.628. The Bertz CT molecular complexity index is 759. The van der Waals surface area contributed by atoms with E-state index in [9.17, 15) is 21.6 Å². The summed E-state index contributed by atoms with van der Waals surface area (Å²) >= 11 is 0.896. The lowest BCUT2D eigenvalue weighted by Gasteiger charge is -2.08. The highest BCUT2D eigenvalue weighted by Gasteiger charge is 2.21. The number of hydrogen-bond acceptors (Lipinski definition) is 4. The Labute approximate surface area is 122 Å². The molecule has 0 aliphatic heterocycles. The smallest absolute Gasteiger partial charge is 0.271 e. The first-order valence-electron chi connectivity index (χ1n) is 5.71. The highest BCUT2D eigenvalue weighted by atomic mass is 32.2. The van der Waals surface area contributed by atoms with Gasteiger partial charge in [0.15, 0.2) is 17.5 Å². The van der Waals surface area contributed by atoms with Crippen LogP contribution in [0.25, 0.3) is 0 Å². The molecule has 114 valence electrons. The van der Waals surface area contributed by atoms with Crippen LogP contribution in [0.4, 0.5) is 18.9 Å². The van der Waals surface area contributed by atoms with Crippen LogP contribution in [0, 0.1) is 17.5 Å². The Morgan fingerprint density at radius 3 is 2.48 bits per heavy atom. The molecule has 0 saturated heterocycles. The molecule has 2 N–H and O–H groups in total. The highest BCUT2D eigenvalue weighted by Crippen LogP contribution is 2.26. The first kappa shape index (κ1) is 15.8. The van der Waals surface area contributed by atoms with Crippen molar-refractivity contribution in [1.29, 1.82) is 0 Å². The van der Waals surface area contributed by atoms with E-state index in [1.165, 1.54) is 12.1 Å². The van der Waals surface area contributed by atoms with E-state index in [0.29, 0.717) is 17.4 Å². The summed E-state index contributed by atoms with van der Waals surface area (Å²) in [7, 11) is -4.11. The number of benzene rings is 1. The number of hydrogen-bond donors (Lipinski definition) is 2. The second kappa shape index (κ2) is 6.04. The average Bonchev–Trinajstić information content (AvgIpc) is 2.89. The molecule has 0 radical (unpaired) electrons. The number of aliphatic hydroxyl groups is 1. The van der Waals surface area contributed by atoms with Gasteiger partial charge >= 0.3 is 0 Å². The molecule has 0 aliphatic carbocycles. The maximum atomic E-state index is 13.5. The molecular formula is C12H10F3NO3S2. The van der Waals surface area contributed by atoms with Crippen LogP contribution in [0.3, 0.4) is 0 Å². The molecule has 1 aromatic carbocycles. The van der Waals surface area contributed by atoms with Crippen molar-refractivity contribution in [1.82, 2.24) is 0 Å². The van der Waals surface area contributed by atoms with Crippen molar-refractivity contribution in [2.75, 3.05) is 11.3 Å². The van der Waals surface area contributed by atoms with E-state index in [1.54, 1.807) is 0 Å². The number of rotatable bonds is 5. The summed E-state index contributed by atoms with van der Waals surface area (Å²) < 4.78 is 65.1. The molecule has 1 aromatic heterocycles.